The van der Waals surface area contributed by atoms with Gasteiger partial charge in [-0.1, -0.05) is 12.1 Å². The van der Waals surface area contributed by atoms with Gasteiger partial charge < -0.3 is 19.4 Å². The first-order valence-electron chi connectivity index (χ1n) is 14.3. The molecule has 0 aliphatic carbocycles. The second kappa shape index (κ2) is 10.4. The zero-order chi connectivity index (χ0) is 29.9. The van der Waals surface area contributed by atoms with Crippen molar-refractivity contribution in [2.75, 3.05) is 30.4 Å². The fourth-order valence-corrected chi connectivity index (χ4v) is 6.02. The number of hydrogen-bond donors (Lipinski definition) is 1. The van der Waals surface area contributed by atoms with Crippen LogP contribution in [0.2, 0.25) is 0 Å². The summed E-state index contributed by atoms with van der Waals surface area (Å²) in [7, 11) is 1.06. The number of fused-ring (bicyclic) bond motifs is 1. The van der Waals surface area contributed by atoms with E-state index in [0.29, 0.717) is 49.4 Å². The highest BCUT2D eigenvalue weighted by atomic mass is 19.2. The topological polar surface area (TPSA) is 63.3 Å². The summed E-state index contributed by atoms with van der Waals surface area (Å²) in [5.41, 5.74) is 1.97. The minimum absolute atomic E-state index is 0.0940. The van der Waals surface area contributed by atoms with Crippen LogP contribution in [-0.2, 0) is 15.9 Å². The monoisotopic (exact) mass is 575 g/mol. The molecule has 0 aromatic heterocycles. The SMILES string of the molecule is COc1ccc(N2C(=O)c3ccc(B4OC(C)(C)C(C)(C)O4)cc3NC23CCN(Cc2ccc(F)c(F)c2)CC3)cc1. The lowest BCUT2D eigenvalue weighted by atomic mass is 9.77. The zero-order valence-corrected chi connectivity index (χ0v) is 24.7. The Bertz CT molecular complexity index is 1490. The number of nitrogens with one attached hydrogen (secondary N) is 1. The Kier molecular flexibility index (Phi) is 7.07. The number of piperidine rings is 1. The molecule has 0 atom stereocenters. The lowest BCUT2D eigenvalue weighted by Crippen LogP contribution is -2.64. The van der Waals surface area contributed by atoms with Gasteiger partial charge in [0.15, 0.2) is 11.6 Å². The molecule has 6 rings (SSSR count). The highest BCUT2D eigenvalue weighted by Crippen LogP contribution is 2.42. The average molecular weight is 575 g/mol. The van der Waals surface area contributed by atoms with Gasteiger partial charge in [-0.05, 0) is 87.3 Å². The lowest BCUT2D eigenvalue weighted by Gasteiger charge is -2.52. The fraction of sp³-hybridized carbons (Fsp3) is 0.406. The molecular weight excluding hydrogens is 539 g/mol. The first-order chi connectivity index (χ1) is 19.9. The van der Waals surface area contributed by atoms with E-state index in [1.807, 2.05) is 75.1 Å². The number of amides is 1. The minimum atomic E-state index is -0.852. The standard InChI is InChI=1S/C32H36BF2N3O4/c1-30(2)31(3,4)42-33(41-30)22-7-12-25-28(19-22)36-32(38(29(25)39)23-8-10-24(40-5)11-9-23)14-16-37(17-15-32)20-21-6-13-26(34)27(35)18-21/h6-13,18-19,36H,14-17,20H2,1-5H3. The summed E-state index contributed by atoms with van der Waals surface area (Å²) < 4.78 is 45.3. The molecule has 2 saturated heterocycles. The molecule has 42 heavy (non-hydrogen) atoms. The largest absolute Gasteiger partial charge is 0.497 e. The Hall–Kier alpha value is -3.47. The van der Waals surface area contributed by atoms with Crippen LogP contribution in [0.15, 0.2) is 60.7 Å². The van der Waals surface area contributed by atoms with Crippen molar-refractivity contribution in [1.82, 2.24) is 4.90 Å². The molecule has 0 bridgehead atoms. The minimum Gasteiger partial charge on any atom is -0.497 e. The number of rotatable bonds is 5. The molecule has 0 radical (unpaired) electrons. The molecule has 1 amide bonds. The van der Waals surface area contributed by atoms with Gasteiger partial charge in [-0.3, -0.25) is 14.6 Å². The van der Waals surface area contributed by atoms with Crippen molar-refractivity contribution in [2.24, 2.45) is 0 Å². The summed E-state index contributed by atoms with van der Waals surface area (Å²) in [5.74, 6) is -1.09. The van der Waals surface area contributed by atoms with Gasteiger partial charge >= 0.3 is 7.12 Å². The lowest BCUT2D eigenvalue weighted by molar-refractivity contribution is 0.00578. The van der Waals surface area contributed by atoms with Gasteiger partial charge in [-0.25, -0.2) is 8.78 Å². The molecule has 2 fully saturated rings. The Morgan fingerprint density at radius 1 is 0.905 bits per heavy atom. The van der Waals surface area contributed by atoms with Crippen LogP contribution >= 0.6 is 0 Å². The number of carbonyl (C=O) groups excluding carboxylic acids is 1. The molecule has 3 aliphatic heterocycles. The molecule has 3 aliphatic rings. The van der Waals surface area contributed by atoms with Crippen LogP contribution in [0.1, 0.15) is 56.5 Å². The van der Waals surface area contributed by atoms with Crippen LogP contribution in [-0.4, -0.2) is 55.0 Å². The Morgan fingerprint density at radius 3 is 2.19 bits per heavy atom. The van der Waals surface area contributed by atoms with Gasteiger partial charge in [0.2, 0.25) is 0 Å². The summed E-state index contributed by atoms with van der Waals surface area (Å²) >= 11 is 0. The van der Waals surface area contributed by atoms with Crippen molar-refractivity contribution < 1.29 is 27.6 Å². The number of benzene rings is 3. The third-order valence-corrected chi connectivity index (χ3v) is 9.20. The summed E-state index contributed by atoms with van der Waals surface area (Å²) in [6.07, 6.45) is 1.24. The number of anilines is 2. The number of hydrogen-bond acceptors (Lipinski definition) is 6. The quantitative estimate of drug-likeness (QED) is 0.415. The molecule has 1 spiro atoms. The van der Waals surface area contributed by atoms with Gasteiger partial charge in [0.1, 0.15) is 11.4 Å². The van der Waals surface area contributed by atoms with E-state index in [0.717, 1.165) is 22.9 Å². The van der Waals surface area contributed by atoms with Crippen LogP contribution in [0.25, 0.3) is 0 Å². The normalized spacial score (nSPS) is 20.9. The van der Waals surface area contributed by atoms with E-state index in [4.69, 9.17) is 14.0 Å². The Balaban J connectivity index is 1.31. The Morgan fingerprint density at radius 2 is 1.57 bits per heavy atom. The number of nitrogens with zero attached hydrogens (tertiary/aromatic N) is 2. The van der Waals surface area contributed by atoms with Crippen molar-refractivity contribution >= 4 is 29.9 Å². The maximum absolute atomic E-state index is 14.2. The van der Waals surface area contributed by atoms with Crippen LogP contribution in [0.3, 0.4) is 0 Å². The predicted octanol–water partition coefficient (Wildman–Crippen LogP) is 5.34. The molecule has 1 N–H and O–H groups in total. The zero-order valence-electron chi connectivity index (χ0n) is 24.7. The summed E-state index contributed by atoms with van der Waals surface area (Å²) in [6.45, 7) is 9.86. The van der Waals surface area contributed by atoms with Crippen LogP contribution in [0.4, 0.5) is 20.2 Å². The third-order valence-electron chi connectivity index (χ3n) is 9.20. The van der Waals surface area contributed by atoms with Gasteiger partial charge in [0.25, 0.3) is 5.91 Å². The maximum atomic E-state index is 14.2. The van der Waals surface area contributed by atoms with E-state index < -0.39 is 35.6 Å². The second-order valence-electron chi connectivity index (χ2n) is 12.4. The first kappa shape index (κ1) is 28.6. The van der Waals surface area contributed by atoms with Crippen LogP contribution < -0.4 is 20.4 Å². The molecule has 0 unspecified atom stereocenters. The second-order valence-corrected chi connectivity index (χ2v) is 12.4. The van der Waals surface area contributed by atoms with E-state index in [-0.39, 0.29) is 5.91 Å². The summed E-state index contributed by atoms with van der Waals surface area (Å²) in [5, 5.41) is 3.75. The number of halogens is 2. The number of carbonyl (C=O) groups is 1. The van der Waals surface area contributed by atoms with Crippen molar-refractivity contribution in [3.8, 4) is 5.75 Å². The first-order valence-corrected chi connectivity index (χ1v) is 14.3. The van der Waals surface area contributed by atoms with Crippen molar-refractivity contribution in [2.45, 2.75) is 63.9 Å². The van der Waals surface area contributed by atoms with E-state index >= 15 is 0 Å². The molecular formula is C32H36BF2N3O4. The third kappa shape index (κ3) is 4.95. The van der Waals surface area contributed by atoms with Crippen molar-refractivity contribution in [1.29, 1.82) is 0 Å². The van der Waals surface area contributed by atoms with E-state index in [1.54, 1.807) is 13.2 Å². The number of methoxy groups -OCH3 is 1. The van der Waals surface area contributed by atoms with E-state index in [9.17, 15) is 13.6 Å². The molecule has 3 aromatic carbocycles. The summed E-state index contributed by atoms with van der Waals surface area (Å²) in [4.78, 5) is 18.3. The van der Waals surface area contributed by atoms with Crippen molar-refractivity contribution in [3.05, 3.63) is 83.4 Å². The van der Waals surface area contributed by atoms with Gasteiger partial charge in [0.05, 0.1) is 23.9 Å². The predicted molar refractivity (Wildman–Crippen MR) is 159 cm³/mol. The average Bonchev–Trinajstić information content (AvgIpc) is 3.18. The fourth-order valence-electron chi connectivity index (χ4n) is 6.02. The molecule has 3 heterocycles. The van der Waals surface area contributed by atoms with Crippen LogP contribution in [0.5, 0.6) is 5.75 Å². The van der Waals surface area contributed by atoms with E-state index in [2.05, 4.69) is 10.2 Å². The number of ether oxygens (including phenoxy) is 1. The van der Waals surface area contributed by atoms with Crippen molar-refractivity contribution in [3.63, 3.8) is 0 Å². The van der Waals surface area contributed by atoms with E-state index in [1.165, 1.54) is 6.07 Å². The molecule has 3 aromatic rings. The molecule has 7 nitrogen and oxygen atoms in total. The summed E-state index contributed by atoms with van der Waals surface area (Å²) in [6, 6.07) is 17.2. The Labute approximate surface area is 245 Å². The smallest absolute Gasteiger partial charge is 0.494 e. The maximum Gasteiger partial charge on any atom is 0.494 e. The van der Waals surface area contributed by atoms with Gasteiger partial charge in [-0.2, -0.15) is 0 Å². The van der Waals surface area contributed by atoms with Crippen LogP contribution in [0, 0.1) is 11.6 Å². The highest BCUT2D eigenvalue weighted by Gasteiger charge is 2.52. The van der Waals surface area contributed by atoms with Gasteiger partial charge in [0, 0.05) is 43.9 Å². The molecule has 220 valence electrons. The number of likely N-dealkylation sites (tertiary alicyclic amines) is 1. The molecule has 0 saturated carbocycles. The highest BCUT2D eigenvalue weighted by molar-refractivity contribution is 6.62. The van der Waals surface area contributed by atoms with Gasteiger partial charge in [-0.15, -0.1) is 0 Å². The molecule has 10 heteroatoms.